The second kappa shape index (κ2) is 6.38. The van der Waals surface area contributed by atoms with Gasteiger partial charge in [-0.25, -0.2) is 4.39 Å². The van der Waals surface area contributed by atoms with Crippen LogP contribution in [0.25, 0.3) is 0 Å². The van der Waals surface area contributed by atoms with Crippen molar-refractivity contribution in [3.8, 4) is 5.75 Å². The summed E-state index contributed by atoms with van der Waals surface area (Å²) in [5.41, 5.74) is 6.97. The zero-order chi connectivity index (χ0) is 13.8. The summed E-state index contributed by atoms with van der Waals surface area (Å²) in [4.78, 5) is 0. The van der Waals surface area contributed by atoms with E-state index in [1.165, 1.54) is 32.8 Å². The van der Waals surface area contributed by atoms with E-state index in [1.807, 2.05) is 12.1 Å². The number of halogens is 1. The Morgan fingerprint density at radius 1 is 1.42 bits per heavy atom. The smallest absolute Gasteiger partial charge is 0.168 e. The fourth-order valence-electron chi connectivity index (χ4n) is 3.16. The van der Waals surface area contributed by atoms with Crippen molar-refractivity contribution < 1.29 is 9.13 Å². The molecule has 1 aliphatic rings. The molecule has 0 aromatic heterocycles. The number of ether oxygens (including phenoxy) is 1. The van der Waals surface area contributed by atoms with Crippen molar-refractivity contribution in [2.24, 2.45) is 17.6 Å². The summed E-state index contributed by atoms with van der Waals surface area (Å²) < 4.78 is 19.1. The van der Waals surface area contributed by atoms with E-state index >= 15 is 0 Å². The molecule has 3 atom stereocenters. The molecule has 0 aliphatic heterocycles. The predicted molar refractivity (Wildman–Crippen MR) is 75.8 cm³/mol. The van der Waals surface area contributed by atoms with E-state index in [9.17, 15) is 4.39 Å². The third kappa shape index (κ3) is 3.47. The van der Waals surface area contributed by atoms with Gasteiger partial charge in [-0.1, -0.05) is 31.9 Å². The van der Waals surface area contributed by atoms with Crippen LogP contribution in [0.5, 0.6) is 5.75 Å². The Balaban J connectivity index is 2.04. The van der Waals surface area contributed by atoms with E-state index in [4.69, 9.17) is 10.5 Å². The van der Waals surface area contributed by atoms with E-state index < -0.39 is 0 Å². The Morgan fingerprint density at radius 2 is 2.21 bits per heavy atom. The van der Waals surface area contributed by atoms with Crippen LogP contribution in [-0.2, 0) is 6.42 Å². The second-order valence-electron chi connectivity index (χ2n) is 5.83. The first-order valence-corrected chi connectivity index (χ1v) is 7.18. The molecule has 0 amide bonds. The van der Waals surface area contributed by atoms with Gasteiger partial charge in [0.05, 0.1) is 7.11 Å². The van der Waals surface area contributed by atoms with Crippen LogP contribution >= 0.6 is 0 Å². The van der Waals surface area contributed by atoms with Crippen LogP contribution in [0.1, 0.15) is 38.2 Å². The van der Waals surface area contributed by atoms with Gasteiger partial charge in [0.2, 0.25) is 0 Å². The lowest BCUT2D eigenvalue weighted by atomic mass is 9.77. The highest BCUT2D eigenvalue weighted by Gasteiger charge is 2.25. The standard InChI is InChI=1S/C16H24FNO/c1-11-5-3-6-12(9-11)14(18)10-13-7-4-8-15(19-2)16(13)17/h4,7-8,11-12,14H,3,5-6,9-10,18H2,1-2H3. The molecule has 106 valence electrons. The van der Waals surface area contributed by atoms with E-state index in [1.54, 1.807) is 6.07 Å². The first-order chi connectivity index (χ1) is 9.11. The highest BCUT2D eigenvalue weighted by atomic mass is 19.1. The maximum atomic E-state index is 14.1. The summed E-state index contributed by atoms with van der Waals surface area (Å²) in [7, 11) is 1.49. The Hall–Kier alpha value is -1.09. The van der Waals surface area contributed by atoms with Crippen LogP contribution in [0.15, 0.2) is 18.2 Å². The summed E-state index contributed by atoms with van der Waals surface area (Å²) in [6.07, 6.45) is 5.50. The average Bonchev–Trinajstić information content (AvgIpc) is 2.41. The third-order valence-electron chi connectivity index (χ3n) is 4.30. The van der Waals surface area contributed by atoms with Crippen LogP contribution < -0.4 is 10.5 Å². The van der Waals surface area contributed by atoms with Crippen molar-refractivity contribution in [3.63, 3.8) is 0 Å². The number of benzene rings is 1. The third-order valence-corrected chi connectivity index (χ3v) is 4.30. The van der Waals surface area contributed by atoms with Crippen LogP contribution in [0.4, 0.5) is 4.39 Å². The molecule has 3 heteroatoms. The minimum atomic E-state index is -0.260. The highest BCUT2D eigenvalue weighted by Crippen LogP contribution is 2.32. The van der Waals surface area contributed by atoms with Crippen molar-refractivity contribution in [1.29, 1.82) is 0 Å². The second-order valence-corrected chi connectivity index (χ2v) is 5.83. The molecule has 0 radical (unpaired) electrons. The van der Waals surface area contributed by atoms with Crippen LogP contribution in [0.3, 0.4) is 0 Å². The maximum absolute atomic E-state index is 14.1. The van der Waals surface area contributed by atoms with Gasteiger partial charge in [-0.15, -0.1) is 0 Å². The van der Waals surface area contributed by atoms with E-state index in [-0.39, 0.29) is 11.9 Å². The minimum absolute atomic E-state index is 0.0457. The summed E-state index contributed by atoms with van der Waals surface area (Å²) in [6.45, 7) is 2.28. The van der Waals surface area contributed by atoms with Gasteiger partial charge in [0.1, 0.15) is 0 Å². The van der Waals surface area contributed by atoms with Gasteiger partial charge in [-0.2, -0.15) is 0 Å². The topological polar surface area (TPSA) is 35.2 Å². The summed E-state index contributed by atoms with van der Waals surface area (Å²) >= 11 is 0. The number of methoxy groups -OCH3 is 1. The number of hydrogen-bond acceptors (Lipinski definition) is 2. The molecule has 1 aliphatic carbocycles. The molecular formula is C16H24FNO. The first kappa shape index (κ1) is 14.3. The molecule has 1 fully saturated rings. The minimum Gasteiger partial charge on any atom is -0.494 e. The lowest BCUT2D eigenvalue weighted by Gasteiger charge is -2.31. The quantitative estimate of drug-likeness (QED) is 0.904. The molecule has 1 saturated carbocycles. The maximum Gasteiger partial charge on any atom is 0.168 e. The molecule has 2 N–H and O–H groups in total. The number of rotatable bonds is 4. The first-order valence-electron chi connectivity index (χ1n) is 7.18. The zero-order valence-corrected chi connectivity index (χ0v) is 11.9. The lowest BCUT2D eigenvalue weighted by molar-refractivity contribution is 0.244. The van der Waals surface area contributed by atoms with Gasteiger partial charge >= 0.3 is 0 Å². The van der Waals surface area contributed by atoms with E-state index in [0.717, 1.165) is 5.92 Å². The normalized spacial score (nSPS) is 25.1. The van der Waals surface area contributed by atoms with Gasteiger partial charge in [0, 0.05) is 6.04 Å². The largest absolute Gasteiger partial charge is 0.494 e. The van der Waals surface area contributed by atoms with Crippen LogP contribution in [0.2, 0.25) is 0 Å². The Labute approximate surface area is 115 Å². The molecule has 0 saturated heterocycles. The molecule has 2 nitrogen and oxygen atoms in total. The molecule has 1 aromatic rings. The molecular weight excluding hydrogens is 241 g/mol. The van der Waals surface area contributed by atoms with Gasteiger partial charge in [0.25, 0.3) is 0 Å². The van der Waals surface area contributed by atoms with Gasteiger partial charge < -0.3 is 10.5 Å². The van der Waals surface area contributed by atoms with E-state index in [0.29, 0.717) is 23.7 Å². The molecule has 2 rings (SSSR count). The predicted octanol–water partition coefficient (Wildman–Crippen LogP) is 3.53. The van der Waals surface area contributed by atoms with Gasteiger partial charge in [0.15, 0.2) is 11.6 Å². The molecule has 3 unspecified atom stereocenters. The molecule has 1 aromatic carbocycles. The summed E-state index contributed by atoms with van der Waals surface area (Å²) in [5.74, 6) is 1.32. The lowest BCUT2D eigenvalue weighted by Crippen LogP contribution is -2.35. The van der Waals surface area contributed by atoms with E-state index in [2.05, 4.69) is 6.92 Å². The summed E-state index contributed by atoms with van der Waals surface area (Å²) in [6, 6.07) is 5.33. The highest BCUT2D eigenvalue weighted by molar-refractivity contribution is 5.31. The van der Waals surface area contributed by atoms with Crippen LogP contribution in [0, 0.1) is 17.7 Å². The van der Waals surface area contributed by atoms with Crippen molar-refractivity contribution in [2.75, 3.05) is 7.11 Å². The molecule has 0 bridgehead atoms. The monoisotopic (exact) mass is 265 g/mol. The van der Waals surface area contributed by atoms with Gasteiger partial charge in [-0.3, -0.25) is 0 Å². The van der Waals surface area contributed by atoms with Crippen molar-refractivity contribution in [2.45, 2.75) is 45.1 Å². The number of nitrogens with two attached hydrogens (primary N) is 1. The van der Waals surface area contributed by atoms with Crippen molar-refractivity contribution in [1.82, 2.24) is 0 Å². The van der Waals surface area contributed by atoms with Gasteiger partial charge in [-0.05, 0) is 42.7 Å². The fourth-order valence-corrected chi connectivity index (χ4v) is 3.16. The Bertz CT molecular complexity index is 421. The van der Waals surface area contributed by atoms with Crippen LogP contribution in [-0.4, -0.2) is 13.2 Å². The fraction of sp³-hybridized carbons (Fsp3) is 0.625. The SMILES string of the molecule is COc1cccc(CC(N)C2CCCC(C)C2)c1F. The summed E-state index contributed by atoms with van der Waals surface area (Å²) in [5, 5.41) is 0. The number of hydrogen-bond donors (Lipinski definition) is 1. The molecule has 0 spiro atoms. The van der Waals surface area contributed by atoms with Crippen molar-refractivity contribution >= 4 is 0 Å². The Morgan fingerprint density at radius 3 is 2.89 bits per heavy atom. The zero-order valence-electron chi connectivity index (χ0n) is 11.9. The van der Waals surface area contributed by atoms with Crippen molar-refractivity contribution in [3.05, 3.63) is 29.6 Å². The average molecular weight is 265 g/mol. The molecule has 19 heavy (non-hydrogen) atoms. The Kier molecular flexibility index (Phi) is 4.81. The molecule has 0 heterocycles.